The van der Waals surface area contributed by atoms with Gasteiger partial charge in [0.15, 0.2) is 0 Å². The molecule has 0 saturated carbocycles. The van der Waals surface area contributed by atoms with E-state index in [4.69, 9.17) is 4.74 Å². The van der Waals surface area contributed by atoms with E-state index < -0.39 is 0 Å². The van der Waals surface area contributed by atoms with Crippen molar-refractivity contribution in [3.8, 4) is 10.6 Å². The number of aromatic nitrogens is 2. The minimum atomic E-state index is 0.178. The molecule has 0 aromatic carbocycles. The largest absolute Gasteiger partial charge is 0.384 e. The fourth-order valence-corrected chi connectivity index (χ4v) is 3.52. The number of anilines is 1. The molecule has 3 heterocycles. The lowest BCUT2D eigenvalue weighted by Gasteiger charge is -2.32. The molecular weight excluding hydrogens is 324 g/mol. The molecule has 24 heavy (non-hydrogen) atoms. The lowest BCUT2D eigenvalue weighted by molar-refractivity contribution is -0.133. The maximum absolute atomic E-state index is 12.0. The van der Waals surface area contributed by atoms with Crippen molar-refractivity contribution in [1.29, 1.82) is 0 Å². The Hall–Kier alpha value is -1.99. The second-order valence-corrected chi connectivity index (χ2v) is 6.76. The number of thiophene rings is 1. The van der Waals surface area contributed by atoms with Crippen molar-refractivity contribution in [2.75, 3.05) is 32.1 Å². The first-order valence-electron chi connectivity index (χ1n) is 8.15. The van der Waals surface area contributed by atoms with Crippen molar-refractivity contribution in [2.45, 2.75) is 25.3 Å². The van der Waals surface area contributed by atoms with Crippen LogP contribution in [0.5, 0.6) is 0 Å². The lowest BCUT2D eigenvalue weighted by Crippen LogP contribution is -2.42. The van der Waals surface area contributed by atoms with Crippen LogP contribution in [0.25, 0.3) is 10.6 Å². The molecule has 1 aliphatic rings. The zero-order valence-electron chi connectivity index (χ0n) is 13.8. The standard InChI is InChI=1S/C17H22N4O2S/c1-23-9-6-17(22)21-7-4-13(5-8-21)20-16-11-14(18-12-19-16)15-3-2-10-24-15/h2-3,10-13H,4-9H2,1H3,(H,18,19,20). The van der Waals surface area contributed by atoms with Crippen LogP contribution in [0.2, 0.25) is 0 Å². The maximum Gasteiger partial charge on any atom is 0.224 e. The molecule has 2 aromatic rings. The highest BCUT2D eigenvalue weighted by molar-refractivity contribution is 7.13. The summed E-state index contributed by atoms with van der Waals surface area (Å²) in [5, 5.41) is 5.52. The summed E-state index contributed by atoms with van der Waals surface area (Å²) < 4.78 is 4.97. The van der Waals surface area contributed by atoms with Gasteiger partial charge >= 0.3 is 0 Å². The molecule has 0 radical (unpaired) electrons. The summed E-state index contributed by atoms with van der Waals surface area (Å²) in [4.78, 5) is 23.7. The van der Waals surface area contributed by atoms with Gasteiger partial charge < -0.3 is 15.0 Å². The third kappa shape index (κ3) is 4.30. The molecule has 1 saturated heterocycles. The normalized spacial score (nSPS) is 15.5. The molecule has 0 unspecified atom stereocenters. The molecule has 128 valence electrons. The van der Waals surface area contributed by atoms with Crippen LogP contribution in [0, 0.1) is 0 Å². The van der Waals surface area contributed by atoms with Crippen LogP contribution < -0.4 is 5.32 Å². The van der Waals surface area contributed by atoms with Crippen molar-refractivity contribution in [2.24, 2.45) is 0 Å². The zero-order chi connectivity index (χ0) is 16.8. The molecule has 6 nitrogen and oxygen atoms in total. The first kappa shape index (κ1) is 16.9. The molecule has 0 aliphatic carbocycles. The summed E-state index contributed by atoms with van der Waals surface area (Å²) in [6.45, 7) is 2.05. The molecule has 1 amide bonds. The molecule has 1 fully saturated rings. The first-order chi connectivity index (χ1) is 11.8. The Morgan fingerprint density at radius 1 is 1.42 bits per heavy atom. The fourth-order valence-electron chi connectivity index (χ4n) is 2.83. The van der Waals surface area contributed by atoms with Gasteiger partial charge in [-0.1, -0.05) is 6.07 Å². The Morgan fingerprint density at radius 2 is 2.25 bits per heavy atom. The Bertz CT molecular complexity index is 654. The number of hydrogen-bond acceptors (Lipinski definition) is 6. The molecule has 0 bridgehead atoms. The summed E-state index contributed by atoms with van der Waals surface area (Å²) >= 11 is 1.67. The summed E-state index contributed by atoms with van der Waals surface area (Å²) in [6, 6.07) is 6.40. The Labute approximate surface area is 145 Å². The number of carbonyl (C=O) groups excluding carboxylic acids is 1. The molecule has 1 aliphatic heterocycles. The van der Waals surface area contributed by atoms with E-state index in [0.29, 0.717) is 19.1 Å². The number of rotatable bonds is 6. The number of nitrogens with one attached hydrogen (secondary N) is 1. The maximum atomic E-state index is 12.0. The number of likely N-dealkylation sites (tertiary alicyclic amines) is 1. The van der Waals surface area contributed by atoms with Crippen molar-refractivity contribution >= 4 is 23.1 Å². The third-order valence-corrected chi connectivity index (χ3v) is 5.05. The van der Waals surface area contributed by atoms with Crippen LogP contribution in [0.3, 0.4) is 0 Å². The van der Waals surface area contributed by atoms with Gasteiger partial charge in [-0.25, -0.2) is 9.97 Å². The van der Waals surface area contributed by atoms with Gasteiger partial charge in [0.05, 0.1) is 23.6 Å². The molecular formula is C17H22N4O2S. The van der Waals surface area contributed by atoms with Crippen LogP contribution in [-0.2, 0) is 9.53 Å². The van der Waals surface area contributed by atoms with Crippen LogP contribution in [0.4, 0.5) is 5.82 Å². The molecule has 1 N–H and O–H groups in total. The number of piperidine rings is 1. The number of carbonyl (C=O) groups is 1. The van der Waals surface area contributed by atoms with Gasteiger partial charge in [0, 0.05) is 32.3 Å². The summed E-state index contributed by atoms with van der Waals surface area (Å²) in [5.74, 6) is 1.02. The van der Waals surface area contributed by atoms with E-state index in [1.54, 1.807) is 24.8 Å². The molecule has 0 atom stereocenters. The fraction of sp³-hybridized carbons (Fsp3) is 0.471. The van der Waals surface area contributed by atoms with Gasteiger partial charge in [0.25, 0.3) is 0 Å². The monoisotopic (exact) mass is 346 g/mol. The zero-order valence-corrected chi connectivity index (χ0v) is 14.6. The minimum absolute atomic E-state index is 0.178. The summed E-state index contributed by atoms with van der Waals surface area (Å²) in [6.07, 6.45) is 3.92. The summed E-state index contributed by atoms with van der Waals surface area (Å²) in [5.41, 5.74) is 0.940. The molecule has 3 rings (SSSR count). The van der Waals surface area contributed by atoms with Crippen LogP contribution in [-0.4, -0.2) is 53.6 Å². The van der Waals surface area contributed by atoms with Gasteiger partial charge in [-0.15, -0.1) is 11.3 Å². The van der Waals surface area contributed by atoms with Crippen LogP contribution in [0.1, 0.15) is 19.3 Å². The molecule has 2 aromatic heterocycles. The topological polar surface area (TPSA) is 67.3 Å². The quantitative estimate of drug-likeness (QED) is 0.871. The van der Waals surface area contributed by atoms with Gasteiger partial charge in [-0.3, -0.25) is 4.79 Å². The Balaban J connectivity index is 1.53. The average molecular weight is 346 g/mol. The second kappa shape index (κ2) is 8.21. The van der Waals surface area contributed by atoms with Gasteiger partial charge in [0.2, 0.25) is 5.91 Å². The van der Waals surface area contributed by atoms with Crippen molar-refractivity contribution in [1.82, 2.24) is 14.9 Å². The predicted octanol–water partition coefficient (Wildman–Crippen LogP) is 2.64. The highest BCUT2D eigenvalue weighted by Gasteiger charge is 2.22. The lowest BCUT2D eigenvalue weighted by atomic mass is 10.0. The minimum Gasteiger partial charge on any atom is -0.384 e. The van der Waals surface area contributed by atoms with Crippen LogP contribution in [0.15, 0.2) is 29.9 Å². The van der Waals surface area contributed by atoms with E-state index in [2.05, 4.69) is 21.4 Å². The van der Waals surface area contributed by atoms with Crippen LogP contribution >= 0.6 is 11.3 Å². The number of hydrogen-bond donors (Lipinski definition) is 1. The van der Waals surface area contributed by atoms with E-state index >= 15 is 0 Å². The van der Waals surface area contributed by atoms with E-state index in [1.165, 1.54) is 0 Å². The Morgan fingerprint density at radius 3 is 2.96 bits per heavy atom. The second-order valence-electron chi connectivity index (χ2n) is 5.81. The highest BCUT2D eigenvalue weighted by Crippen LogP contribution is 2.24. The first-order valence-corrected chi connectivity index (χ1v) is 9.03. The van der Waals surface area contributed by atoms with E-state index in [1.807, 2.05) is 22.4 Å². The third-order valence-electron chi connectivity index (χ3n) is 4.16. The van der Waals surface area contributed by atoms with E-state index in [-0.39, 0.29) is 5.91 Å². The van der Waals surface area contributed by atoms with E-state index in [0.717, 1.165) is 42.3 Å². The molecule has 0 spiro atoms. The Kier molecular flexibility index (Phi) is 5.77. The number of methoxy groups -OCH3 is 1. The van der Waals surface area contributed by atoms with Crippen molar-refractivity contribution in [3.05, 3.63) is 29.9 Å². The van der Waals surface area contributed by atoms with Gasteiger partial charge in [-0.2, -0.15) is 0 Å². The van der Waals surface area contributed by atoms with Gasteiger partial charge in [0.1, 0.15) is 12.1 Å². The number of nitrogens with zero attached hydrogens (tertiary/aromatic N) is 3. The van der Waals surface area contributed by atoms with Crippen molar-refractivity contribution < 1.29 is 9.53 Å². The number of ether oxygens (including phenoxy) is 1. The number of amides is 1. The smallest absolute Gasteiger partial charge is 0.224 e. The average Bonchev–Trinajstić information content (AvgIpc) is 3.15. The SMILES string of the molecule is COCCC(=O)N1CCC(Nc2cc(-c3cccs3)ncn2)CC1. The van der Waals surface area contributed by atoms with E-state index in [9.17, 15) is 4.79 Å². The van der Waals surface area contributed by atoms with Gasteiger partial charge in [-0.05, 0) is 24.3 Å². The van der Waals surface area contributed by atoms with Crippen molar-refractivity contribution in [3.63, 3.8) is 0 Å². The summed E-state index contributed by atoms with van der Waals surface area (Å²) in [7, 11) is 1.62. The molecule has 7 heteroatoms. The highest BCUT2D eigenvalue weighted by atomic mass is 32.1. The predicted molar refractivity (Wildman–Crippen MR) is 95.1 cm³/mol.